The Morgan fingerprint density at radius 1 is 1.57 bits per heavy atom. The number of rotatable bonds is 4. The third-order valence-electron chi connectivity index (χ3n) is 1.54. The molecule has 0 aliphatic carbocycles. The number of thioether (sulfide) groups is 1. The van der Waals surface area contributed by atoms with Gasteiger partial charge in [0.15, 0.2) is 5.69 Å². The van der Waals surface area contributed by atoms with E-state index in [0.29, 0.717) is 22.5 Å². The van der Waals surface area contributed by atoms with Crippen molar-refractivity contribution in [3.05, 3.63) is 18.1 Å². The molecule has 0 aliphatic heterocycles. The van der Waals surface area contributed by atoms with Gasteiger partial charge in [0.25, 0.3) is 0 Å². The van der Waals surface area contributed by atoms with Crippen LogP contribution >= 0.6 is 23.4 Å². The van der Waals surface area contributed by atoms with E-state index in [2.05, 4.69) is 16.9 Å². The number of hydrogen-bond donors (Lipinski definition) is 0. The van der Waals surface area contributed by atoms with Crippen molar-refractivity contribution >= 4 is 23.4 Å². The zero-order valence-corrected chi connectivity index (χ0v) is 9.35. The summed E-state index contributed by atoms with van der Waals surface area (Å²) in [5, 5.41) is 9.44. The largest absolute Gasteiger partial charge is 0.245 e. The Bertz CT molecular complexity index is 337. The van der Waals surface area contributed by atoms with E-state index >= 15 is 0 Å². The summed E-state index contributed by atoms with van der Waals surface area (Å²) < 4.78 is 0. The van der Waals surface area contributed by atoms with E-state index in [1.165, 1.54) is 18.0 Å². The van der Waals surface area contributed by atoms with E-state index in [4.69, 9.17) is 16.9 Å². The summed E-state index contributed by atoms with van der Waals surface area (Å²) in [7, 11) is 0. The van der Waals surface area contributed by atoms with Crippen LogP contribution in [-0.2, 0) is 0 Å². The Morgan fingerprint density at radius 2 is 2.29 bits per heavy atom. The van der Waals surface area contributed by atoms with Crippen molar-refractivity contribution in [3.63, 3.8) is 0 Å². The van der Waals surface area contributed by atoms with Crippen LogP contribution in [0.4, 0.5) is 0 Å². The maximum atomic E-state index is 8.75. The zero-order valence-electron chi connectivity index (χ0n) is 7.77. The van der Waals surface area contributed by atoms with Gasteiger partial charge in [-0.1, -0.05) is 6.92 Å². The molecular weight excluding hydrogens is 218 g/mol. The van der Waals surface area contributed by atoms with Gasteiger partial charge in [-0.25, -0.2) is 9.97 Å². The fourth-order valence-corrected chi connectivity index (χ4v) is 1.94. The van der Waals surface area contributed by atoms with Crippen molar-refractivity contribution in [2.75, 3.05) is 11.6 Å². The SMILES string of the molecule is CC(CCl)CSc1nccnc1C#N. The maximum Gasteiger partial charge on any atom is 0.172 e. The molecule has 1 atom stereocenters. The number of hydrogen-bond acceptors (Lipinski definition) is 4. The molecule has 0 saturated heterocycles. The first kappa shape index (κ1) is 11.3. The van der Waals surface area contributed by atoms with Crippen molar-refractivity contribution in [1.29, 1.82) is 5.26 Å². The summed E-state index contributed by atoms with van der Waals surface area (Å²) in [5.41, 5.74) is 0.388. The normalized spacial score (nSPS) is 12.1. The van der Waals surface area contributed by atoms with Crippen LogP contribution in [0, 0.1) is 17.2 Å². The van der Waals surface area contributed by atoms with Crippen LogP contribution in [0.1, 0.15) is 12.6 Å². The van der Waals surface area contributed by atoms with Crippen LogP contribution in [0.15, 0.2) is 17.4 Å². The average Bonchev–Trinajstić information content (AvgIpc) is 2.26. The summed E-state index contributed by atoms with van der Waals surface area (Å²) in [5.74, 6) is 1.89. The summed E-state index contributed by atoms with van der Waals surface area (Å²) in [6.45, 7) is 2.06. The molecule has 0 amide bonds. The first-order valence-corrected chi connectivity index (χ1v) is 5.69. The lowest BCUT2D eigenvalue weighted by atomic mass is 10.3. The van der Waals surface area contributed by atoms with Crippen molar-refractivity contribution in [2.24, 2.45) is 5.92 Å². The predicted octanol–water partition coefficient (Wildman–Crippen LogP) is 2.32. The molecule has 74 valence electrons. The Hall–Kier alpha value is -0.790. The van der Waals surface area contributed by atoms with Gasteiger partial charge in [-0.05, 0) is 5.92 Å². The Kier molecular flexibility index (Phi) is 4.71. The first-order chi connectivity index (χ1) is 6.77. The fraction of sp³-hybridized carbons (Fsp3) is 0.444. The van der Waals surface area contributed by atoms with Crippen LogP contribution in [0.5, 0.6) is 0 Å². The van der Waals surface area contributed by atoms with E-state index < -0.39 is 0 Å². The Morgan fingerprint density at radius 3 is 2.93 bits per heavy atom. The van der Waals surface area contributed by atoms with Gasteiger partial charge in [-0.15, -0.1) is 23.4 Å². The van der Waals surface area contributed by atoms with Crippen LogP contribution < -0.4 is 0 Å². The number of nitrogens with zero attached hydrogens (tertiary/aromatic N) is 3. The Labute approximate surface area is 92.5 Å². The van der Waals surface area contributed by atoms with Gasteiger partial charge in [-0.2, -0.15) is 5.26 Å². The van der Waals surface area contributed by atoms with Crippen molar-refractivity contribution in [2.45, 2.75) is 11.9 Å². The highest BCUT2D eigenvalue weighted by Gasteiger charge is 2.07. The van der Waals surface area contributed by atoms with Crippen molar-refractivity contribution < 1.29 is 0 Å². The van der Waals surface area contributed by atoms with Gasteiger partial charge in [0.1, 0.15) is 11.1 Å². The van der Waals surface area contributed by atoms with E-state index in [1.807, 2.05) is 6.07 Å². The molecule has 0 aliphatic rings. The molecule has 0 fully saturated rings. The van der Waals surface area contributed by atoms with E-state index in [-0.39, 0.29) is 0 Å². The highest BCUT2D eigenvalue weighted by atomic mass is 35.5. The molecule has 1 aromatic heterocycles. The summed E-state index contributed by atoms with van der Waals surface area (Å²) in [6.07, 6.45) is 3.11. The quantitative estimate of drug-likeness (QED) is 0.585. The second-order valence-corrected chi connectivity index (χ2v) is 4.21. The number of alkyl halides is 1. The molecular formula is C9H10ClN3S. The third-order valence-corrected chi connectivity index (χ3v) is 3.37. The lowest BCUT2D eigenvalue weighted by Gasteiger charge is -2.05. The third kappa shape index (κ3) is 3.17. The predicted molar refractivity (Wildman–Crippen MR) is 57.4 cm³/mol. The van der Waals surface area contributed by atoms with Crippen LogP contribution in [0.25, 0.3) is 0 Å². The van der Waals surface area contributed by atoms with Gasteiger partial charge < -0.3 is 0 Å². The van der Waals surface area contributed by atoms with Crippen molar-refractivity contribution in [1.82, 2.24) is 9.97 Å². The second kappa shape index (κ2) is 5.84. The van der Waals surface area contributed by atoms with Gasteiger partial charge in [-0.3, -0.25) is 0 Å². The number of nitriles is 1. The minimum atomic E-state index is 0.388. The molecule has 5 heteroatoms. The molecule has 0 bridgehead atoms. The summed E-state index contributed by atoms with van der Waals surface area (Å²) >= 11 is 7.20. The summed E-state index contributed by atoms with van der Waals surface area (Å²) in [4.78, 5) is 8.01. The molecule has 1 aromatic rings. The van der Waals surface area contributed by atoms with Gasteiger partial charge >= 0.3 is 0 Å². The second-order valence-electron chi connectivity index (χ2n) is 2.89. The van der Waals surface area contributed by atoms with E-state index in [0.717, 1.165) is 5.75 Å². The fourth-order valence-electron chi connectivity index (χ4n) is 0.773. The van der Waals surface area contributed by atoms with E-state index in [9.17, 15) is 0 Å². The average molecular weight is 228 g/mol. The lowest BCUT2D eigenvalue weighted by molar-refractivity contribution is 0.757. The molecule has 0 aromatic carbocycles. The molecule has 0 saturated carbocycles. The molecule has 3 nitrogen and oxygen atoms in total. The van der Waals surface area contributed by atoms with Crippen LogP contribution in [0.2, 0.25) is 0 Å². The zero-order chi connectivity index (χ0) is 10.4. The minimum absolute atomic E-state index is 0.388. The van der Waals surface area contributed by atoms with Gasteiger partial charge in [0, 0.05) is 24.0 Å². The van der Waals surface area contributed by atoms with Crippen LogP contribution in [0.3, 0.4) is 0 Å². The van der Waals surface area contributed by atoms with E-state index in [1.54, 1.807) is 6.20 Å². The molecule has 0 radical (unpaired) electrons. The maximum absolute atomic E-state index is 8.75. The number of halogens is 1. The highest BCUT2D eigenvalue weighted by molar-refractivity contribution is 7.99. The minimum Gasteiger partial charge on any atom is -0.245 e. The Balaban J connectivity index is 2.63. The smallest absolute Gasteiger partial charge is 0.172 e. The molecule has 1 unspecified atom stereocenters. The van der Waals surface area contributed by atoms with Gasteiger partial charge in [0.05, 0.1) is 0 Å². The number of aromatic nitrogens is 2. The van der Waals surface area contributed by atoms with Gasteiger partial charge in [0.2, 0.25) is 0 Å². The van der Waals surface area contributed by atoms with Crippen LogP contribution in [-0.4, -0.2) is 21.6 Å². The molecule has 0 N–H and O–H groups in total. The monoisotopic (exact) mass is 227 g/mol. The molecule has 1 rings (SSSR count). The topological polar surface area (TPSA) is 49.6 Å². The summed E-state index contributed by atoms with van der Waals surface area (Å²) in [6, 6.07) is 2.01. The standard InChI is InChI=1S/C9H10ClN3S/c1-7(4-10)6-14-9-8(5-11)12-2-3-13-9/h2-3,7H,4,6H2,1H3. The lowest BCUT2D eigenvalue weighted by Crippen LogP contribution is -2.00. The highest BCUT2D eigenvalue weighted by Crippen LogP contribution is 2.20. The van der Waals surface area contributed by atoms with Crippen molar-refractivity contribution in [3.8, 4) is 6.07 Å². The molecule has 1 heterocycles. The first-order valence-electron chi connectivity index (χ1n) is 4.17. The molecule has 0 spiro atoms. The molecule has 14 heavy (non-hydrogen) atoms.